The van der Waals surface area contributed by atoms with E-state index in [4.69, 9.17) is 9.47 Å². The topological polar surface area (TPSA) is 84.8 Å². The summed E-state index contributed by atoms with van der Waals surface area (Å²) >= 11 is 0. The van der Waals surface area contributed by atoms with Crippen LogP contribution >= 0.6 is 0 Å². The van der Waals surface area contributed by atoms with Crippen LogP contribution < -0.4 is 20.1 Å². The van der Waals surface area contributed by atoms with E-state index in [2.05, 4.69) is 20.6 Å². The Labute approximate surface area is 175 Å². The second-order valence-corrected chi connectivity index (χ2v) is 6.57. The third kappa shape index (κ3) is 5.81. The molecule has 3 rings (SSSR count). The minimum absolute atomic E-state index is 0.262. The summed E-state index contributed by atoms with van der Waals surface area (Å²) in [6, 6.07) is 16.4. The Morgan fingerprint density at radius 2 is 1.73 bits per heavy atom. The number of hydrogen-bond acceptors (Lipinski definition) is 5. The van der Waals surface area contributed by atoms with Crippen LogP contribution in [0, 0.1) is 6.92 Å². The number of amides is 1. The number of aryl methyl sites for hydroxylation is 1. The molecule has 0 saturated heterocycles. The van der Waals surface area contributed by atoms with Crippen molar-refractivity contribution in [3.05, 3.63) is 83.7 Å². The zero-order valence-electron chi connectivity index (χ0n) is 17.2. The molecule has 0 aliphatic carbocycles. The van der Waals surface area contributed by atoms with Gasteiger partial charge in [0.05, 0.1) is 20.8 Å². The molecule has 0 fully saturated rings. The normalized spacial score (nSPS) is 11.0. The minimum Gasteiger partial charge on any atom is -0.497 e. The summed E-state index contributed by atoms with van der Waals surface area (Å²) in [5, 5.41) is 5.99. The van der Waals surface area contributed by atoms with Gasteiger partial charge >= 0.3 is 0 Å². The lowest BCUT2D eigenvalue weighted by Crippen LogP contribution is -2.36. The number of carbonyl (C=O) groups is 1. The number of aromatic nitrogens is 1. The van der Waals surface area contributed by atoms with Gasteiger partial charge in [-0.15, -0.1) is 0 Å². The zero-order valence-corrected chi connectivity index (χ0v) is 17.2. The van der Waals surface area contributed by atoms with Crippen LogP contribution in [0.4, 0.5) is 5.69 Å². The number of rotatable bonds is 6. The van der Waals surface area contributed by atoms with Gasteiger partial charge in [0.2, 0.25) is 5.96 Å². The molecule has 0 spiro atoms. The molecular formula is C23H24N4O3. The number of anilines is 1. The van der Waals surface area contributed by atoms with Crippen LogP contribution in [0.3, 0.4) is 0 Å². The third-order valence-corrected chi connectivity index (χ3v) is 4.30. The highest BCUT2D eigenvalue weighted by atomic mass is 16.5. The number of nitrogens with one attached hydrogen (secondary N) is 2. The molecule has 7 nitrogen and oxygen atoms in total. The lowest BCUT2D eigenvalue weighted by atomic mass is 10.1. The van der Waals surface area contributed by atoms with Gasteiger partial charge in [0.15, 0.2) is 0 Å². The summed E-state index contributed by atoms with van der Waals surface area (Å²) in [5.41, 5.74) is 3.21. The second-order valence-electron chi connectivity index (χ2n) is 6.57. The van der Waals surface area contributed by atoms with Gasteiger partial charge in [0, 0.05) is 41.8 Å². The Hall–Kier alpha value is -3.87. The van der Waals surface area contributed by atoms with Crippen molar-refractivity contribution in [1.29, 1.82) is 0 Å². The molecule has 2 aromatic carbocycles. The molecule has 154 valence electrons. The number of ether oxygens (including phenoxy) is 2. The minimum atomic E-state index is -0.262. The number of benzene rings is 2. The van der Waals surface area contributed by atoms with Crippen molar-refractivity contribution in [2.45, 2.75) is 13.5 Å². The highest BCUT2D eigenvalue weighted by molar-refractivity contribution is 6.10. The molecule has 0 radical (unpaired) electrons. The molecular weight excluding hydrogens is 380 g/mol. The summed E-state index contributed by atoms with van der Waals surface area (Å²) in [6.07, 6.45) is 3.44. The molecule has 0 saturated carbocycles. The second kappa shape index (κ2) is 10.1. The fourth-order valence-corrected chi connectivity index (χ4v) is 2.67. The van der Waals surface area contributed by atoms with Crippen LogP contribution in [0.1, 0.15) is 21.5 Å². The van der Waals surface area contributed by atoms with E-state index in [0.717, 1.165) is 11.1 Å². The predicted octanol–water partition coefficient (Wildman–Crippen LogP) is 3.81. The van der Waals surface area contributed by atoms with Crippen molar-refractivity contribution in [2.75, 3.05) is 19.5 Å². The van der Waals surface area contributed by atoms with Gasteiger partial charge in [-0.05, 0) is 30.7 Å². The fourth-order valence-electron chi connectivity index (χ4n) is 2.67. The Morgan fingerprint density at radius 3 is 2.33 bits per heavy atom. The molecule has 0 atom stereocenters. The monoisotopic (exact) mass is 404 g/mol. The zero-order chi connectivity index (χ0) is 21.3. The quantitative estimate of drug-likeness (QED) is 0.482. The number of carbonyl (C=O) groups excluding carboxylic acids is 1. The van der Waals surface area contributed by atoms with Crippen molar-refractivity contribution < 1.29 is 14.3 Å². The Balaban J connectivity index is 1.85. The summed E-state index contributed by atoms with van der Waals surface area (Å²) in [7, 11) is 3.16. The molecule has 1 aromatic heterocycles. The number of methoxy groups -OCH3 is 2. The van der Waals surface area contributed by atoms with E-state index in [1.807, 2.05) is 31.2 Å². The van der Waals surface area contributed by atoms with Crippen molar-refractivity contribution in [1.82, 2.24) is 10.3 Å². The van der Waals surface area contributed by atoms with Crippen molar-refractivity contribution in [3.8, 4) is 11.5 Å². The van der Waals surface area contributed by atoms with Crippen LogP contribution in [0.15, 0.2) is 72.0 Å². The van der Waals surface area contributed by atoms with Gasteiger partial charge in [-0.2, -0.15) is 0 Å². The van der Waals surface area contributed by atoms with Gasteiger partial charge in [-0.1, -0.05) is 23.8 Å². The van der Waals surface area contributed by atoms with Crippen molar-refractivity contribution in [2.24, 2.45) is 4.99 Å². The first kappa shape index (κ1) is 20.9. The van der Waals surface area contributed by atoms with Crippen molar-refractivity contribution >= 4 is 17.6 Å². The largest absolute Gasteiger partial charge is 0.497 e. The predicted molar refractivity (Wildman–Crippen MR) is 117 cm³/mol. The molecule has 0 aliphatic heterocycles. The summed E-state index contributed by atoms with van der Waals surface area (Å²) in [5.74, 6) is 1.28. The van der Waals surface area contributed by atoms with E-state index in [-0.39, 0.29) is 5.91 Å². The first-order valence-corrected chi connectivity index (χ1v) is 9.39. The average Bonchev–Trinajstić information content (AvgIpc) is 2.78. The Morgan fingerprint density at radius 1 is 1.03 bits per heavy atom. The Kier molecular flexibility index (Phi) is 7.00. The van der Waals surface area contributed by atoms with E-state index in [9.17, 15) is 4.79 Å². The van der Waals surface area contributed by atoms with Crippen LogP contribution in [-0.4, -0.2) is 31.1 Å². The van der Waals surface area contributed by atoms with Gasteiger partial charge in [-0.3, -0.25) is 15.1 Å². The average molecular weight is 404 g/mol. The SMILES string of the molecule is COc1cc(NC(=NCc2cccnc2)NC(=O)c2ccc(C)cc2)cc(OC)c1. The van der Waals surface area contributed by atoms with E-state index >= 15 is 0 Å². The number of nitrogens with zero attached hydrogens (tertiary/aromatic N) is 2. The molecule has 0 bridgehead atoms. The molecule has 1 heterocycles. The van der Waals surface area contributed by atoms with E-state index in [1.165, 1.54) is 0 Å². The highest BCUT2D eigenvalue weighted by Crippen LogP contribution is 2.25. The first-order chi connectivity index (χ1) is 14.6. The molecule has 7 heteroatoms. The molecule has 30 heavy (non-hydrogen) atoms. The number of pyridine rings is 1. The molecule has 0 aliphatic rings. The van der Waals surface area contributed by atoms with E-state index in [1.54, 1.807) is 56.9 Å². The van der Waals surface area contributed by atoms with E-state index < -0.39 is 0 Å². The maximum absolute atomic E-state index is 12.7. The standard InChI is InChI=1S/C23H24N4O3/c1-16-6-8-18(9-7-16)22(28)27-23(25-15-17-5-4-10-24-14-17)26-19-11-20(29-2)13-21(12-19)30-3/h4-14H,15H2,1-3H3,(H2,25,26,27,28). The smallest absolute Gasteiger partial charge is 0.257 e. The summed E-state index contributed by atoms with van der Waals surface area (Å²) in [6.45, 7) is 2.33. The van der Waals surface area contributed by atoms with Gasteiger partial charge in [0.1, 0.15) is 11.5 Å². The van der Waals surface area contributed by atoms with Gasteiger partial charge < -0.3 is 14.8 Å². The van der Waals surface area contributed by atoms with Gasteiger partial charge in [-0.25, -0.2) is 4.99 Å². The number of aliphatic imine (C=N–C) groups is 1. The van der Waals surface area contributed by atoms with Crippen molar-refractivity contribution in [3.63, 3.8) is 0 Å². The summed E-state index contributed by atoms with van der Waals surface area (Å²) < 4.78 is 10.6. The van der Waals surface area contributed by atoms with Crippen LogP contribution in [0.25, 0.3) is 0 Å². The van der Waals surface area contributed by atoms with Crippen LogP contribution in [0.2, 0.25) is 0 Å². The number of hydrogen-bond donors (Lipinski definition) is 2. The number of guanidine groups is 1. The van der Waals surface area contributed by atoms with Gasteiger partial charge in [0.25, 0.3) is 5.91 Å². The maximum atomic E-state index is 12.7. The first-order valence-electron chi connectivity index (χ1n) is 9.39. The molecule has 0 unspecified atom stereocenters. The molecule has 3 aromatic rings. The lowest BCUT2D eigenvalue weighted by molar-refractivity contribution is 0.0977. The molecule has 1 amide bonds. The van der Waals surface area contributed by atoms with E-state index in [0.29, 0.717) is 35.3 Å². The lowest BCUT2D eigenvalue weighted by Gasteiger charge is -2.14. The van der Waals surface area contributed by atoms with Crippen LogP contribution in [0.5, 0.6) is 11.5 Å². The highest BCUT2D eigenvalue weighted by Gasteiger charge is 2.11. The fraction of sp³-hybridized carbons (Fsp3) is 0.174. The third-order valence-electron chi connectivity index (χ3n) is 4.30. The summed E-state index contributed by atoms with van der Waals surface area (Å²) in [4.78, 5) is 21.4. The Bertz CT molecular complexity index is 996. The van der Waals surface area contributed by atoms with Crippen LogP contribution in [-0.2, 0) is 6.54 Å². The molecule has 2 N–H and O–H groups in total. The maximum Gasteiger partial charge on any atom is 0.257 e.